The van der Waals surface area contributed by atoms with Crippen molar-refractivity contribution in [3.05, 3.63) is 22.4 Å². The van der Waals surface area contributed by atoms with E-state index in [-0.39, 0.29) is 12.5 Å². The zero-order valence-electron chi connectivity index (χ0n) is 13.9. The van der Waals surface area contributed by atoms with Crippen molar-refractivity contribution in [3.8, 4) is 0 Å². The summed E-state index contributed by atoms with van der Waals surface area (Å²) in [6.07, 6.45) is 5.31. The van der Waals surface area contributed by atoms with Gasteiger partial charge in [0.1, 0.15) is 6.54 Å². The molecular weight excluding hydrogens is 308 g/mol. The number of aliphatic imine (C=N–C) groups is 1. The van der Waals surface area contributed by atoms with E-state index < -0.39 is 0 Å². The first-order valence-corrected chi connectivity index (χ1v) is 9.27. The molecule has 3 rings (SSSR count). The molecule has 2 N–H and O–H groups in total. The van der Waals surface area contributed by atoms with Gasteiger partial charge in [-0.05, 0) is 42.5 Å². The maximum Gasteiger partial charge on any atom is 0.243 e. The van der Waals surface area contributed by atoms with Gasteiger partial charge in [-0.1, -0.05) is 12.5 Å². The van der Waals surface area contributed by atoms with Crippen LogP contribution >= 0.6 is 11.3 Å². The van der Waals surface area contributed by atoms with E-state index in [1.807, 2.05) is 0 Å². The number of amides is 1. The van der Waals surface area contributed by atoms with Gasteiger partial charge in [0, 0.05) is 25.0 Å². The summed E-state index contributed by atoms with van der Waals surface area (Å²) in [6.45, 7) is 0.939. The van der Waals surface area contributed by atoms with Gasteiger partial charge in [-0.15, -0.1) is 11.3 Å². The van der Waals surface area contributed by atoms with Crippen molar-refractivity contribution in [1.29, 1.82) is 0 Å². The van der Waals surface area contributed by atoms with Crippen LogP contribution in [-0.2, 0) is 11.3 Å². The topological polar surface area (TPSA) is 56.7 Å². The highest BCUT2D eigenvalue weighted by molar-refractivity contribution is 7.09. The number of fused-ring (bicyclic) bond motifs is 2. The lowest BCUT2D eigenvalue weighted by molar-refractivity contribution is -0.127. The standard InChI is InChI=1S/C17H26N4OS/c1-21(2)16(22)11-19-17(18-10-14-4-3-7-23-14)20-15-9-12-5-6-13(15)8-12/h3-4,7,12-13,15H,5-6,8-11H2,1-2H3,(H2,18,19,20). The minimum absolute atomic E-state index is 0.0233. The van der Waals surface area contributed by atoms with E-state index in [0.29, 0.717) is 6.04 Å². The first-order chi connectivity index (χ1) is 11.1. The first-order valence-electron chi connectivity index (χ1n) is 8.39. The number of nitrogens with zero attached hydrogens (tertiary/aromatic N) is 2. The SMILES string of the molecule is CN(C)C(=O)CN=C(NCc1cccs1)NC1CC2CCC1C2. The average molecular weight is 334 g/mol. The molecule has 6 heteroatoms. The van der Waals surface area contributed by atoms with Gasteiger partial charge in [-0.2, -0.15) is 0 Å². The van der Waals surface area contributed by atoms with Gasteiger partial charge in [0.05, 0.1) is 6.54 Å². The van der Waals surface area contributed by atoms with Gasteiger partial charge in [-0.25, -0.2) is 4.99 Å². The molecular formula is C17H26N4OS. The molecule has 2 aliphatic rings. The maximum atomic E-state index is 11.8. The predicted octanol–water partition coefficient (Wildman–Crippen LogP) is 2.06. The summed E-state index contributed by atoms with van der Waals surface area (Å²) in [6, 6.07) is 4.67. The maximum absolute atomic E-state index is 11.8. The number of rotatable bonds is 5. The van der Waals surface area contributed by atoms with E-state index in [9.17, 15) is 4.79 Å². The summed E-state index contributed by atoms with van der Waals surface area (Å²) in [7, 11) is 3.53. The smallest absolute Gasteiger partial charge is 0.243 e. The zero-order chi connectivity index (χ0) is 16.2. The van der Waals surface area contributed by atoms with Crippen LogP contribution in [0.15, 0.2) is 22.5 Å². The quantitative estimate of drug-likeness (QED) is 0.640. The average Bonchev–Trinajstić information content (AvgIpc) is 3.26. The van der Waals surface area contributed by atoms with Crippen molar-refractivity contribution in [2.75, 3.05) is 20.6 Å². The number of thiophene rings is 1. The summed E-state index contributed by atoms with van der Waals surface area (Å²) in [4.78, 5) is 19.2. The summed E-state index contributed by atoms with van der Waals surface area (Å²) in [5.41, 5.74) is 0. The molecule has 0 spiro atoms. The van der Waals surface area contributed by atoms with Crippen LogP contribution in [0.5, 0.6) is 0 Å². The predicted molar refractivity (Wildman–Crippen MR) is 94.5 cm³/mol. The number of hydrogen-bond acceptors (Lipinski definition) is 3. The van der Waals surface area contributed by atoms with Crippen LogP contribution in [0.4, 0.5) is 0 Å². The third-order valence-electron chi connectivity index (χ3n) is 4.94. The van der Waals surface area contributed by atoms with Crippen molar-refractivity contribution < 1.29 is 4.79 Å². The van der Waals surface area contributed by atoms with Crippen molar-refractivity contribution in [3.63, 3.8) is 0 Å². The molecule has 2 aliphatic carbocycles. The highest BCUT2D eigenvalue weighted by Gasteiger charge is 2.39. The summed E-state index contributed by atoms with van der Waals surface area (Å²) < 4.78 is 0. The van der Waals surface area contributed by atoms with Crippen molar-refractivity contribution in [2.24, 2.45) is 16.8 Å². The highest BCUT2D eigenvalue weighted by atomic mass is 32.1. The van der Waals surface area contributed by atoms with E-state index in [2.05, 4.69) is 33.1 Å². The second-order valence-corrected chi connectivity index (χ2v) is 7.84. The Hall–Kier alpha value is -1.56. The number of nitrogens with one attached hydrogen (secondary N) is 2. The van der Waals surface area contributed by atoms with Crippen molar-refractivity contribution >= 4 is 23.2 Å². The largest absolute Gasteiger partial charge is 0.353 e. The van der Waals surface area contributed by atoms with Gasteiger partial charge >= 0.3 is 0 Å². The minimum Gasteiger partial charge on any atom is -0.353 e. The Morgan fingerprint density at radius 2 is 2.26 bits per heavy atom. The fourth-order valence-electron chi connectivity index (χ4n) is 3.62. The third-order valence-corrected chi connectivity index (χ3v) is 5.82. The van der Waals surface area contributed by atoms with Crippen molar-refractivity contribution in [1.82, 2.24) is 15.5 Å². The van der Waals surface area contributed by atoms with Crippen LogP contribution < -0.4 is 10.6 Å². The Morgan fingerprint density at radius 1 is 1.39 bits per heavy atom. The second kappa shape index (κ2) is 7.34. The minimum atomic E-state index is 0.0233. The number of carbonyl (C=O) groups is 1. The van der Waals surface area contributed by atoms with E-state index in [4.69, 9.17) is 0 Å². The number of hydrogen-bond donors (Lipinski definition) is 2. The highest BCUT2D eigenvalue weighted by Crippen LogP contribution is 2.44. The molecule has 0 radical (unpaired) electrons. The number of likely N-dealkylation sites (N-methyl/N-ethyl adjacent to an activating group) is 1. The first kappa shape index (κ1) is 16.3. The molecule has 2 saturated carbocycles. The molecule has 1 amide bonds. The summed E-state index contributed by atoms with van der Waals surface area (Å²) >= 11 is 1.73. The molecule has 126 valence electrons. The molecule has 5 nitrogen and oxygen atoms in total. The zero-order valence-corrected chi connectivity index (χ0v) is 14.7. The van der Waals surface area contributed by atoms with Crippen LogP contribution in [0.3, 0.4) is 0 Å². The Balaban J connectivity index is 1.60. The van der Waals surface area contributed by atoms with Gasteiger partial charge in [-0.3, -0.25) is 4.79 Å². The monoisotopic (exact) mass is 334 g/mol. The molecule has 2 fully saturated rings. The normalized spacial score (nSPS) is 26.3. The van der Waals surface area contributed by atoms with Gasteiger partial charge in [0.25, 0.3) is 0 Å². The lowest BCUT2D eigenvalue weighted by Gasteiger charge is -2.25. The van der Waals surface area contributed by atoms with Gasteiger partial charge in [0.15, 0.2) is 5.96 Å². The lowest BCUT2D eigenvalue weighted by Crippen LogP contribution is -2.45. The van der Waals surface area contributed by atoms with E-state index in [1.165, 1.54) is 30.6 Å². The molecule has 0 saturated heterocycles. The molecule has 1 heterocycles. The lowest BCUT2D eigenvalue weighted by atomic mass is 9.95. The Labute approximate surface area is 142 Å². The Kier molecular flexibility index (Phi) is 5.20. The third kappa shape index (κ3) is 4.25. The van der Waals surface area contributed by atoms with Crippen LogP contribution in [-0.4, -0.2) is 43.4 Å². The molecule has 23 heavy (non-hydrogen) atoms. The Bertz CT molecular complexity index is 555. The van der Waals surface area contributed by atoms with Crippen molar-refractivity contribution in [2.45, 2.75) is 38.3 Å². The summed E-state index contributed by atoms with van der Waals surface area (Å²) in [5.74, 6) is 2.46. The van der Waals surface area contributed by atoms with Crippen LogP contribution in [0.2, 0.25) is 0 Å². The van der Waals surface area contributed by atoms with E-state index in [1.54, 1.807) is 30.3 Å². The van der Waals surface area contributed by atoms with E-state index in [0.717, 1.165) is 24.3 Å². The van der Waals surface area contributed by atoms with Gasteiger partial charge < -0.3 is 15.5 Å². The van der Waals surface area contributed by atoms with Crippen LogP contribution in [0.1, 0.15) is 30.6 Å². The molecule has 2 bridgehead atoms. The fraction of sp³-hybridized carbons (Fsp3) is 0.647. The Morgan fingerprint density at radius 3 is 2.87 bits per heavy atom. The molecule has 1 aromatic heterocycles. The molecule has 0 aliphatic heterocycles. The van der Waals surface area contributed by atoms with E-state index >= 15 is 0 Å². The number of carbonyl (C=O) groups excluding carboxylic acids is 1. The number of guanidine groups is 1. The van der Waals surface area contributed by atoms with Gasteiger partial charge in [0.2, 0.25) is 5.91 Å². The molecule has 0 aromatic carbocycles. The molecule has 3 atom stereocenters. The second-order valence-electron chi connectivity index (χ2n) is 6.81. The van der Waals surface area contributed by atoms with Crippen LogP contribution in [0.25, 0.3) is 0 Å². The molecule has 3 unspecified atom stereocenters. The molecule has 1 aromatic rings. The summed E-state index contributed by atoms with van der Waals surface area (Å²) in [5, 5.41) is 9.03. The van der Waals surface area contributed by atoms with Crippen LogP contribution in [0, 0.1) is 11.8 Å². The fourth-order valence-corrected chi connectivity index (χ4v) is 4.27.